The average molecular weight is 212 g/mol. The van der Waals surface area contributed by atoms with Gasteiger partial charge in [0, 0.05) is 6.20 Å². The number of aromatic nitrogens is 2. The average Bonchev–Trinajstić information content (AvgIpc) is 2.46. The number of nitrogens with zero attached hydrogens (tertiary/aromatic N) is 2. The number of primary amides is 1. The van der Waals surface area contributed by atoms with Gasteiger partial charge in [-0.1, -0.05) is 6.92 Å². The number of nitrogen functional groups attached to an aromatic ring is 1. The number of hydrogen-bond acceptors (Lipinski definition) is 4. The topological polar surface area (TPSA) is 124 Å². The molecule has 0 aliphatic carbocycles. The molecule has 1 rings (SSSR count). The molecule has 0 spiro atoms. The van der Waals surface area contributed by atoms with Crippen molar-refractivity contribution < 1.29 is 14.7 Å². The maximum absolute atomic E-state index is 10.8. The molecule has 0 saturated carbocycles. The molecule has 0 aromatic carbocycles. The van der Waals surface area contributed by atoms with Gasteiger partial charge in [0.2, 0.25) is 5.91 Å². The second-order valence-electron chi connectivity index (χ2n) is 3.26. The van der Waals surface area contributed by atoms with Crippen molar-refractivity contribution in [1.29, 1.82) is 0 Å². The zero-order valence-corrected chi connectivity index (χ0v) is 8.17. The Morgan fingerprint density at radius 2 is 2.27 bits per heavy atom. The number of carbonyl (C=O) groups excluding carboxylic acids is 1. The highest BCUT2D eigenvalue weighted by atomic mass is 16.4. The number of anilines is 1. The van der Waals surface area contributed by atoms with E-state index in [4.69, 9.17) is 16.6 Å². The smallest absolute Gasteiger partial charge is 0.358 e. The first-order chi connectivity index (χ1) is 6.91. The van der Waals surface area contributed by atoms with E-state index in [1.807, 2.05) is 0 Å². The molecule has 0 saturated heterocycles. The zero-order chi connectivity index (χ0) is 11.6. The van der Waals surface area contributed by atoms with Gasteiger partial charge in [-0.15, -0.1) is 0 Å². The van der Waals surface area contributed by atoms with Gasteiger partial charge in [0.25, 0.3) is 0 Å². The summed E-state index contributed by atoms with van der Waals surface area (Å²) in [5, 5.41) is 12.4. The lowest BCUT2D eigenvalue weighted by atomic mass is 10.2. The molecule has 0 aliphatic rings. The van der Waals surface area contributed by atoms with E-state index in [1.165, 1.54) is 10.9 Å². The Bertz CT molecular complexity index is 399. The fourth-order valence-electron chi connectivity index (χ4n) is 1.07. The van der Waals surface area contributed by atoms with Crippen molar-refractivity contribution >= 4 is 17.6 Å². The normalized spacial score (nSPS) is 12.3. The van der Waals surface area contributed by atoms with E-state index in [1.54, 1.807) is 6.92 Å². The summed E-state index contributed by atoms with van der Waals surface area (Å²) >= 11 is 0. The molecule has 0 aliphatic heterocycles. The molecular formula is C8H12N4O3. The summed E-state index contributed by atoms with van der Waals surface area (Å²) in [6.07, 6.45) is 1.36. The molecule has 82 valence electrons. The quantitative estimate of drug-likeness (QED) is 0.607. The molecule has 5 N–H and O–H groups in total. The number of carbonyl (C=O) groups is 2. The Morgan fingerprint density at radius 3 is 2.67 bits per heavy atom. The minimum Gasteiger partial charge on any atom is -0.476 e. The van der Waals surface area contributed by atoms with Crippen molar-refractivity contribution in [1.82, 2.24) is 9.78 Å². The fourth-order valence-corrected chi connectivity index (χ4v) is 1.07. The lowest BCUT2D eigenvalue weighted by molar-refractivity contribution is -0.121. The second kappa shape index (κ2) is 3.99. The molecule has 1 amide bonds. The van der Waals surface area contributed by atoms with Gasteiger partial charge in [-0.2, -0.15) is 5.10 Å². The molecule has 7 nitrogen and oxygen atoms in total. The van der Waals surface area contributed by atoms with E-state index in [-0.39, 0.29) is 17.9 Å². The third kappa shape index (κ3) is 2.46. The highest BCUT2D eigenvalue weighted by molar-refractivity contribution is 5.91. The van der Waals surface area contributed by atoms with Crippen LogP contribution < -0.4 is 11.5 Å². The van der Waals surface area contributed by atoms with Crippen LogP contribution in [0, 0.1) is 5.92 Å². The first-order valence-corrected chi connectivity index (χ1v) is 4.27. The molecule has 0 bridgehead atoms. The maximum Gasteiger partial charge on any atom is 0.358 e. The van der Waals surface area contributed by atoms with Crippen LogP contribution in [0.3, 0.4) is 0 Å². The van der Waals surface area contributed by atoms with Crippen molar-refractivity contribution in [3.05, 3.63) is 11.9 Å². The summed E-state index contributed by atoms with van der Waals surface area (Å²) in [4.78, 5) is 21.4. The van der Waals surface area contributed by atoms with Crippen LogP contribution in [0.15, 0.2) is 6.20 Å². The summed E-state index contributed by atoms with van der Waals surface area (Å²) < 4.78 is 1.30. The standard InChI is InChI=1S/C8H12N4O3/c1-4(7(10)13)2-12-3-5(9)6(11-12)8(14)15/h3-4H,2,9H2,1H3,(H2,10,13)(H,14,15). The van der Waals surface area contributed by atoms with Crippen LogP contribution in [-0.4, -0.2) is 26.8 Å². The van der Waals surface area contributed by atoms with Crippen LogP contribution in [0.5, 0.6) is 0 Å². The van der Waals surface area contributed by atoms with Crippen molar-refractivity contribution in [2.24, 2.45) is 11.7 Å². The number of hydrogen-bond donors (Lipinski definition) is 3. The first-order valence-electron chi connectivity index (χ1n) is 4.27. The van der Waals surface area contributed by atoms with Crippen molar-refractivity contribution in [3.8, 4) is 0 Å². The predicted molar refractivity (Wildman–Crippen MR) is 52.0 cm³/mol. The third-order valence-electron chi connectivity index (χ3n) is 1.94. The molecule has 1 aromatic heterocycles. The van der Waals surface area contributed by atoms with E-state index >= 15 is 0 Å². The Balaban J connectivity index is 2.84. The third-order valence-corrected chi connectivity index (χ3v) is 1.94. The van der Waals surface area contributed by atoms with Crippen LogP contribution in [0.2, 0.25) is 0 Å². The molecule has 1 unspecified atom stereocenters. The van der Waals surface area contributed by atoms with Crippen molar-refractivity contribution in [2.45, 2.75) is 13.5 Å². The van der Waals surface area contributed by atoms with Crippen LogP contribution in [-0.2, 0) is 11.3 Å². The highest BCUT2D eigenvalue weighted by Gasteiger charge is 2.16. The summed E-state index contributed by atoms with van der Waals surface area (Å²) in [7, 11) is 0. The van der Waals surface area contributed by atoms with Crippen LogP contribution in [0.4, 0.5) is 5.69 Å². The predicted octanol–water partition coefficient (Wildman–Crippen LogP) is -0.715. The molecule has 1 heterocycles. The fraction of sp³-hybridized carbons (Fsp3) is 0.375. The Kier molecular flexibility index (Phi) is 2.93. The van der Waals surface area contributed by atoms with E-state index in [9.17, 15) is 9.59 Å². The molecule has 0 radical (unpaired) electrons. The Morgan fingerprint density at radius 1 is 1.67 bits per heavy atom. The molecule has 1 atom stereocenters. The number of nitrogens with two attached hydrogens (primary N) is 2. The van der Waals surface area contributed by atoms with E-state index in [0.29, 0.717) is 0 Å². The Labute approximate surface area is 85.7 Å². The van der Waals surface area contributed by atoms with Gasteiger partial charge in [0.1, 0.15) is 0 Å². The lowest BCUT2D eigenvalue weighted by Crippen LogP contribution is -2.25. The van der Waals surface area contributed by atoms with Gasteiger partial charge in [-0.3, -0.25) is 9.48 Å². The van der Waals surface area contributed by atoms with Gasteiger partial charge < -0.3 is 16.6 Å². The van der Waals surface area contributed by atoms with Gasteiger partial charge in [-0.05, 0) is 0 Å². The number of rotatable bonds is 4. The molecule has 15 heavy (non-hydrogen) atoms. The summed E-state index contributed by atoms with van der Waals surface area (Å²) in [5.74, 6) is -2.09. The van der Waals surface area contributed by atoms with Crippen molar-refractivity contribution in [2.75, 3.05) is 5.73 Å². The monoisotopic (exact) mass is 212 g/mol. The van der Waals surface area contributed by atoms with Crippen molar-refractivity contribution in [3.63, 3.8) is 0 Å². The van der Waals surface area contributed by atoms with Gasteiger partial charge in [-0.25, -0.2) is 4.79 Å². The first kappa shape index (κ1) is 11.0. The van der Waals surface area contributed by atoms with E-state index in [0.717, 1.165) is 0 Å². The number of amides is 1. The summed E-state index contributed by atoms with van der Waals surface area (Å²) in [5.41, 5.74) is 10.3. The molecular weight excluding hydrogens is 200 g/mol. The largest absolute Gasteiger partial charge is 0.476 e. The number of carboxylic acids is 1. The van der Waals surface area contributed by atoms with Crippen LogP contribution in [0.1, 0.15) is 17.4 Å². The minimum absolute atomic E-state index is 0.0687. The summed E-state index contributed by atoms with van der Waals surface area (Å²) in [6, 6.07) is 0. The van der Waals surface area contributed by atoms with E-state index in [2.05, 4.69) is 5.10 Å². The SMILES string of the molecule is CC(Cn1cc(N)c(C(=O)O)n1)C(N)=O. The summed E-state index contributed by atoms with van der Waals surface area (Å²) in [6.45, 7) is 1.84. The molecule has 1 aromatic rings. The van der Waals surface area contributed by atoms with Crippen LogP contribution in [0.25, 0.3) is 0 Å². The van der Waals surface area contributed by atoms with Gasteiger partial charge >= 0.3 is 5.97 Å². The lowest BCUT2D eigenvalue weighted by Gasteiger charge is -2.05. The second-order valence-corrected chi connectivity index (χ2v) is 3.26. The number of aromatic carboxylic acids is 1. The zero-order valence-electron chi connectivity index (χ0n) is 8.17. The van der Waals surface area contributed by atoms with Gasteiger partial charge in [0.05, 0.1) is 18.2 Å². The Hall–Kier alpha value is -2.05. The van der Waals surface area contributed by atoms with E-state index < -0.39 is 17.8 Å². The number of carboxylic acid groups (broad SMARTS) is 1. The van der Waals surface area contributed by atoms with Gasteiger partial charge in [0.15, 0.2) is 5.69 Å². The minimum atomic E-state index is -1.20. The highest BCUT2D eigenvalue weighted by Crippen LogP contribution is 2.10. The molecule has 0 fully saturated rings. The maximum atomic E-state index is 10.8. The molecule has 7 heteroatoms. The van der Waals surface area contributed by atoms with Crippen LogP contribution >= 0.6 is 0 Å².